The summed E-state index contributed by atoms with van der Waals surface area (Å²) in [5.41, 5.74) is 8.87. The fourth-order valence-corrected chi connectivity index (χ4v) is 4.26. The number of nitrogens with zero attached hydrogens (tertiary/aromatic N) is 5. The summed E-state index contributed by atoms with van der Waals surface area (Å²) in [5, 5.41) is 5.73. The van der Waals surface area contributed by atoms with Crippen LogP contribution in [0.4, 0.5) is 0 Å². The molecule has 0 aliphatic rings. The molecule has 0 atom stereocenters. The number of fused-ring (bicyclic) bond motifs is 3. The van der Waals surface area contributed by atoms with Gasteiger partial charge in [-0.15, -0.1) is 5.10 Å². The van der Waals surface area contributed by atoms with Gasteiger partial charge >= 0.3 is 0 Å². The van der Waals surface area contributed by atoms with Crippen LogP contribution >= 0.6 is 0 Å². The van der Waals surface area contributed by atoms with E-state index in [9.17, 15) is 0 Å². The highest BCUT2D eigenvalue weighted by Crippen LogP contribution is 2.31. The summed E-state index contributed by atoms with van der Waals surface area (Å²) in [6, 6.07) is 14.5. The van der Waals surface area contributed by atoms with Crippen molar-refractivity contribution >= 4 is 16.7 Å². The molecule has 0 aliphatic carbocycles. The first-order chi connectivity index (χ1) is 15.0. The number of aryl methyl sites for hydroxylation is 3. The van der Waals surface area contributed by atoms with Gasteiger partial charge in [0, 0.05) is 12.1 Å². The molecular weight excluding hydrogens is 386 g/mol. The first kappa shape index (κ1) is 19.3. The first-order valence-corrected chi connectivity index (χ1v) is 10.4. The minimum absolute atomic E-state index is 0.656. The van der Waals surface area contributed by atoms with Crippen molar-refractivity contribution in [3.05, 3.63) is 82.6 Å². The van der Waals surface area contributed by atoms with Crippen LogP contribution in [0, 0.1) is 27.7 Å². The third-order valence-electron chi connectivity index (χ3n) is 5.99. The lowest BCUT2D eigenvalue weighted by Gasteiger charge is -2.12. The molecule has 2 aromatic carbocycles. The molecular formula is C25H25N5O. The van der Waals surface area contributed by atoms with Gasteiger partial charge in [0.25, 0.3) is 0 Å². The monoisotopic (exact) mass is 411 g/mol. The normalized spacial score (nSPS) is 11.5. The topological polar surface area (TPSA) is 57.2 Å². The maximum atomic E-state index is 5.25. The Morgan fingerprint density at radius 2 is 1.71 bits per heavy atom. The molecule has 0 radical (unpaired) electrons. The fraction of sp³-hybridized carbons (Fsp3) is 0.240. The van der Waals surface area contributed by atoms with Crippen LogP contribution in [0.2, 0.25) is 0 Å². The molecule has 0 saturated carbocycles. The van der Waals surface area contributed by atoms with Crippen molar-refractivity contribution in [1.29, 1.82) is 0 Å². The van der Waals surface area contributed by atoms with Crippen molar-refractivity contribution in [3.8, 4) is 11.4 Å². The van der Waals surface area contributed by atoms with Gasteiger partial charge in [-0.2, -0.15) is 0 Å². The summed E-state index contributed by atoms with van der Waals surface area (Å²) in [7, 11) is 1.67. The number of hydrogen-bond donors (Lipinski definition) is 0. The Morgan fingerprint density at radius 3 is 2.42 bits per heavy atom. The van der Waals surface area contributed by atoms with Gasteiger partial charge in [0.1, 0.15) is 12.1 Å². The maximum Gasteiger partial charge on any atom is 0.168 e. The van der Waals surface area contributed by atoms with Gasteiger partial charge in [0.05, 0.1) is 18.2 Å². The molecule has 0 bridgehead atoms. The zero-order valence-electron chi connectivity index (χ0n) is 18.5. The fourth-order valence-electron chi connectivity index (χ4n) is 4.26. The van der Waals surface area contributed by atoms with E-state index in [0.29, 0.717) is 6.42 Å². The highest BCUT2D eigenvalue weighted by molar-refractivity contribution is 5.95. The van der Waals surface area contributed by atoms with E-state index in [1.807, 2.05) is 24.3 Å². The molecule has 0 aliphatic heterocycles. The van der Waals surface area contributed by atoms with Gasteiger partial charge in [-0.3, -0.25) is 4.57 Å². The summed E-state index contributed by atoms with van der Waals surface area (Å²) >= 11 is 0. The highest BCUT2D eigenvalue weighted by Gasteiger charge is 2.19. The van der Waals surface area contributed by atoms with Crippen LogP contribution in [-0.4, -0.2) is 31.3 Å². The summed E-state index contributed by atoms with van der Waals surface area (Å²) in [5.74, 6) is 1.62. The molecule has 0 N–H and O–H groups in total. The molecule has 0 spiro atoms. The lowest BCUT2D eigenvalue weighted by molar-refractivity contribution is 0.414. The zero-order valence-corrected chi connectivity index (χ0v) is 18.5. The van der Waals surface area contributed by atoms with Gasteiger partial charge in [0.15, 0.2) is 17.1 Å². The SMILES string of the molecule is COc1ccc(Cc2nc3c4c(C)c(C)n(-c5ccc(C)cc5C)c4ncn3n2)cc1. The Bertz CT molecular complexity index is 1430. The predicted octanol–water partition coefficient (Wildman–Crippen LogP) is 4.90. The molecule has 0 fully saturated rings. The lowest BCUT2D eigenvalue weighted by atomic mass is 10.1. The van der Waals surface area contributed by atoms with E-state index in [1.165, 1.54) is 22.4 Å². The lowest BCUT2D eigenvalue weighted by Crippen LogP contribution is -2.01. The van der Waals surface area contributed by atoms with Crippen molar-refractivity contribution < 1.29 is 4.74 Å². The summed E-state index contributed by atoms with van der Waals surface area (Å²) in [6.45, 7) is 8.54. The van der Waals surface area contributed by atoms with E-state index in [0.717, 1.165) is 39.5 Å². The Labute approximate surface area is 181 Å². The number of aromatic nitrogens is 5. The Morgan fingerprint density at radius 1 is 0.935 bits per heavy atom. The molecule has 5 rings (SSSR count). The Balaban J connectivity index is 1.64. The Hall–Kier alpha value is -3.67. The minimum Gasteiger partial charge on any atom is -0.497 e. The number of rotatable bonds is 4. The van der Waals surface area contributed by atoms with Gasteiger partial charge in [0.2, 0.25) is 0 Å². The number of benzene rings is 2. The number of ether oxygens (including phenoxy) is 1. The third kappa shape index (κ3) is 3.15. The third-order valence-corrected chi connectivity index (χ3v) is 5.99. The van der Waals surface area contributed by atoms with Crippen LogP contribution in [0.3, 0.4) is 0 Å². The van der Waals surface area contributed by atoms with Crippen LogP contribution in [0.25, 0.3) is 22.4 Å². The van der Waals surface area contributed by atoms with Crippen LogP contribution in [0.5, 0.6) is 5.75 Å². The summed E-state index contributed by atoms with van der Waals surface area (Å²) in [6.07, 6.45) is 2.42. The van der Waals surface area contributed by atoms with E-state index < -0.39 is 0 Å². The van der Waals surface area contributed by atoms with Gasteiger partial charge < -0.3 is 4.74 Å². The van der Waals surface area contributed by atoms with Gasteiger partial charge in [-0.05, 0) is 62.6 Å². The van der Waals surface area contributed by atoms with Crippen molar-refractivity contribution in [2.45, 2.75) is 34.1 Å². The molecule has 3 aromatic heterocycles. The first-order valence-electron chi connectivity index (χ1n) is 10.4. The van der Waals surface area contributed by atoms with Crippen LogP contribution < -0.4 is 4.74 Å². The van der Waals surface area contributed by atoms with E-state index in [4.69, 9.17) is 14.7 Å². The van der Waals surface area contributed by atoms with E-state index >= 15 is 0 Å². The van der Waals surface area contributed by atoms with Crippen LogP contribution in [-0.2, 0) is 6.42 Å². The molecule has 6 nitrogen and oxygen atoms in total. The second kappa shape index (κ2) is 7.23. The molecule has 0 saturated heterocycles. The predicted molar refractivity (Wildman–Crippen MR) is 122 cm³/mol. The largest absolute Gasteiger partial charge is 0.497 e. The molecule has 0 unspecified atom stereocenters. The highest BCUT2D eigenvalue weighted by atomic mass is 16.5. The maximum absolute atomic E-state index is 5.25. The molecule has 156 valence electrons. The summed E-state index contributed by atoms with van der Waals surface area (Å²) < 4.78 is 9.27. The van der Waals surface area contributed by atoms with Crippen molar-refractivity contribution in [3.63, 3.8) is 0 Å². The zero-order chi connectivity index (χ0) is 21.7. The molecule has 3 heterocycles. The average molecular weight is 412 g/mol. The van der Waals surface area contributed by atoms with Crippen molar-refractivity contribution in [1.82, 2.24) is 24.1 Å². The van der Waals surface area contributed by atoms with E-state index in [1.54, 1.807) is 18.0 Å². The quantitative estimate of drug-likeness (QED) is 0.422. The van der Waals surface area contributed by atoms with Crippen molar-refractivity contribution in [2.75, 3.05) is 7.11 Å². The molecule has 0 amide bonds. The standard InChI is InChI=1S/C25H25N5O/c1-15-6-11-21(16(2)12-15)30-18(4)17(3)23-24(30)26-14-29-25(23)27-22(28-29)13-19-7-9-20(31-5)10-8-19/h6-12,14H,13H2,1-5H3. The van der Waals surface area contributed by atoms with E-state index in [-0.39, 0.29) is 0 Å². The molecule has 5 aromatic rings. The van der Waals surface area contributed by atoms with Gasteiger partial charge in [-0.25, -0.2) is 14.5 Å². The van der Waals surface area contributed by atoms with Crippen LogP contribution in [0.15, 0.2) is 48.8 Å². The molecule has 31 heavy (non-hydrogen) atoms. The molecule has 6 heteroatoms. The Kier molecular flexibility index (Phi) is 4.50. The van der Waals surface area contributed by atoms with Crippen LogP contribution in [0.1, 0.15) is 33.8 Å². The van der Waals surface area contributed by atoms with Gasteiger partial charge in [-0.1, -0.05) is 29.8 Å². The smallest absolute Gasteiger partial charge is 0.168 e. The minimum atomic E-state index is 0.656. The summed E-state index contributed by atoms with van der Waals surface area (Å²) in [4.78, 5) is 9.67. The second-order valence-electron chi connectivity index (χ2n) is 8.10. The number of methoxy groups -OCH3 is 1. The average Bonchev–Trinajstić information content (AvgIpc) is 3.27. The second-order valence-corrected chi connectivity index (χ2v) is 8.10. The number of hydrogen-bond acceptors (Lipinski definition) is 4. The van der Waals surface area contributed by atoms with E-state index in [2.05, 4.69) is 55.6 Å². The van der Waals surface area contributed by atoms with Crippen molar-refractivity contribution in [2.24, 2.45) is 0 Å².